The molecule has 0 aromatic heterocycles. The standard InChI is InChI=1S/C16H25N3O2.2ClH/c1-21-12-9-17-13-16(20)18-14-7-10-19(11-8-14)15-5-3-2-4-6-15;;/h2-6,14,17H,7-13H2,1H3,(H,18,20);2*1H. The van der Waals surface area contributed by atoms with E-state index in [1.807, 2.05) is 6.07 Å². The number of benzene rings is 1. The maximum absolute atomic E-state index is 11.8. The predicted molar refractivity (Wildman–Crippen MR) is 99.1 cm³/mol. The van der Waals surface area contributed by atoms with Crippen molar-refractivity contribution in [2.24, 2.45) is 0 Å². The number of piperidine rings is 1. The number of carbonyl (C=O) groups is 1. The molecule has 23 heavy (non-hydrogen) atoms. The number of ether oxygens (including phenoxy) is 1. The highest BCUT2D eigenvalue weighted by Crippen LogP contribution is 2.19. The molecule has 1 amide bonds. The van der Waals surface area contributed by atoms with Crippen LogP contribution in [0.3, 0.4) is 0 Å². The number of hydrogen-bond acceptors (Lipinski definition) is 4. The minimum absolute atomic E-state index is 0. The first-order valence-electron chi connectivity index (χ1n) is 7.58. The quantitative estimate of drug-likeness (QED) is 0.726. The van der Waals surface area contributed by atoms with E-state index in [0.29, 0.717) is 25.7 Å². The Morgan fingerprint density at radius 2 is 1.87 bits per heavy atom. The molecule has 0 unspecified atom stereocenters. The van der Waals surface area contributed by atoms with Gasteiger partial charge in [-0.25, -0.2) is 0 Å². The van der Waals surface area contributed by atoms with Gasteiger partial charge in [-0.15, -0.1) is 24.8 Å². The van der Waals surface area contributed by atoms with Crippen molar-refractivity contribution in [3.05, 3.63) is 30.3 Å². The summed E-state index contributed by atoms with van der Waals surface area (Å²) in [5, 5.41) is 6.16. The second-order valence-corrected chi connectivity index (χ2v) is 5.33. The third kappa shape index (κ3) is 7.88. The average molecular weight is 364 g/mol. The lowest BCUT2D eigenvalue weighted by Crippen LogP contribution is -2.47. The number of hydrogen-bond donors (Lipinski definition) is 2. The molecule has 1 aliphatic rings. The first-order valence-corrected chi connectivity index (χ1v) is 7.58. The summed E-state index contributed by atoms with van der Waals surface area (Å²) in [5.41, 5.74) is 1.27. The Labute approximate surface area is 151 Å². The monoisotopic (exact) mass is 363 g/mol. The van der Waals surface area contributed by atoms with Crippen LogP contribution in [0.5, 0.6) is 0 Å². The summed E-state index contributed by atoms with van der Waals surface area (Å²) in [6, 6.07) is 10.7. The predicted octanol–water partition coefficient (Wildman–Crippen LogP) is 1.85. The molecule has 0 saturated carbocycles. The second kappa shape index (κ2) is 12.4. The van der Waals surface area contributed by atoms with Crippen LogP contribution < -0.4 is 15.5 Å². The summed E-state index contributed by atoms with van der Waals surface area (Å²) >= 11 is 0. The van der Waals surface area contributed by atoms with Crippen LogP contribution in [0.2, 0.25) is 0 Å². The van der Waals surface area contributed by atoms with Gasteiger partial charge in [-0.2, -0.15) is 0 Å². The van der Waals surface area contributed by atoms with Crippen LogP contribution >= 0.6 is 24.8 Å². The minimum atomic E-state index is 0. The average Bonchev–Trinajstić information content (AvgIpc) is 2.53. The number of halogens is 2. The highest BCUT2D eigenvalue weighted by atomic mass is 35.5. The van der Waals surface area contributed by atoms with Crippen molar-refractivity contribution in [1.29, 1.82) is 0 Å². The fraction of sp³-hybridized carbons (Fsp3) is 0.562. The molecule has 1 saturated heterocycles. The normalized spacial score (nSPS) is 14.6. The van der Waals surface area contributed by atoms with Crippen LogP contribution in [0, 0.1) is 0 Å². The van der Waals surface area contributed by atoms with Crippen molar-refractivity contribution < 1.29 is 9.53 Å². The van der Waals surface area contributed by atoms with Crippen molar-refractivity contribution in [3.8, 4) is 0 Å². The molecule has 2 N–H and O–H groups in total. The lowest BCUT2D eigenvalue weighted by atomic mass is 10.0. The molecule has 1 heterocycles. The third-order valence-corrected chi connectivity index (χ3v) is 3.75. The molecule has 0 bridgehead atoms. The van der Waals surface area contributed by atoms with Gasteiger partial charge in [0, 0.05) is 38.5 Å². The molecular weight excluding hydrogens is 337 g/mol. The molecule has 0 aliphatic carbocycles. The van der Waals surface area contributed by atoms with Crippen LogP contribution in [0.15, 0.2) is 30.3 Å². The topological polar surface area (TPSA) is 53.6 Å². The maximum atomic E-state index is 11.8. The van der Waals surface area contributed by atoms with Crippen LogP contribution in [-0.2, 0) is 9.53 Å². The summed E-state index contributed by atoms with van der Waals surface area (Å²) in [6.07, 6.45) is 2.00. The van der Waals surface area contributed by atoms with Gasteiger partial charge in [0.25, 0.3) is 0 Å². The Morgan fingerprint density at radius 3 is 2.48 bits per heavy atom. The molecule has 1 fully saturated rings. The summed E-state index contributed by atoms with van der Waals surface area (Å²) in [7, 11) is 1.66. The molecule has 0 radical (unpaired) electrons. The van der Waals surface area contributed by atoms with Crippen LogP contribution in [0.4, 0.5) is 5.69 Å². The fourth-order valence-corrected chi connectivity index (χ4v) is 2.58. The molecule has 1 aromatic carbocycles. The molecule has 0 atom stereocenters. The first kappa shape index (κ1) is 22.0. The van der Waals surface area contributed by atoms with E-state index >= 15 is 0 Å². The van der Waals surface area contributed by atoms with E-state index in [1.165, 1.54) is 5.69 Å². The molecule has 7 heteroatoms. The maximum Gasteiger partial charge on any atom is 0.234 e. The number of rotatable bonds is 7. The Hall–Kier alpha value is -1.01. The van der Waals surface area contributed by atoms with Crippen molar-refractivity contribution in [2.75, 3.05) is 44.8 Å². The summed E-state index contributed by atoms with van der Waals surface area (Å²) in [6.45, 7) is 3.68. The molecular formula is C16H27Cl2N3O2. The van der Waals surface area contributed by atoms with Gasteiger partial charge in [-0.05, 0) is 25.0 Å². The summed E-state index contributed by atoms with van der Waals surface area (Å²) in [5.74, 6) is 0.0734. The SMILES string of the molecule is COCCNCC(=O)NC1CCN(c2ccccc2)CC1.Cl.Cl. The third-order valence-electron chi connectivity index (χ3n) is 3.75. The number of carbonyl (C=O) groups excluding carboxylic acids is 1. The van der Waals surface area contributed by atoms with Gasteiger partial charge in [-0.1, -0.05) is 18.2 Å². The zero-order chi connectivity index (χ0) is 14.9. The van der Waals surface area contributed by atoms with Crippen LogP contribution in [-0.4, -0.2) is 51.8 Å². The van der Waals surface area contributed by atoms with E-state index in [4.69, 9.17) is 4.74 Å². The largest absolute Gasteiger partial charge is 0.383 e. The zero-order valence-corrected chi connectivity index (χ0v) is 15.1. The van der Waals surface area contributed by atoms with Crippen LogP contribution in [0.1, 0.15) is 12.8 Å². The Balaban J connectivity index is 0.00000242. The van der Waals surface area contributed by atoms with Gasteiger partial charge in [0.2, 0.25) is 5.91 Å². The highest BCUT2D eigenvalue weighted by molar-refractivity contribution is 5.85. The Kier molecular flexibility index (Phi) is 11.9. The number of amides is 1. The first-order chi connectivity index (χ1) is 10.3. The lowest BCUT2D eigenvalue weighted by Gasteiger charge is -2.34. The molecule has 132 valence electrons. The van der Waals surface area contributed by atoms with E-state index in [-0.39, 0.29) is 30.7 Å². The van der Waals surface area contributed by atoms with Gasteiger partial charge in [-0.3, -0.25) is 4.79 Å². The summed E-state index contributed by atoms with van der Waals surface area (Å²) < 4.78 is 4.93. The van der Waals surface area contributed by atoms with Crippen LogP contribution in [0.25, 0.3) is 0 Å². The minimum Gasteiger partial charge on any atom is -0.383 e. The molecule has 2 rings (SSSR count). The number of para-hydroxylation sites is 1. The number of nitrogens with zero attached hydrogens (tertiary/aromatic N) is 1. The van der Waals surface area contributed by atoms with Crippen molar-refractivity contribution >= 4 is 36.4 Å². The Morgan fingerprint density at radius 1 is 1.22 bits per heavy atom. The van der Waals surface area contributed by atoms with E-state index in [9.17, 15) is 4.79 Å². The fourth-order valence-electron chi connectivity index (χ4n) is 2.58. The zero-order valence-electron chi connectivity index (χ0n) is 13.5. The van der Waals surface area contributed by atoms with Gasteiger partial charge in [0.05, 0.1) is 13.2 Å². The van der Waals surface area contributed by atoms with Crippen molar-refractivity contribution in [1.82, 2.24) is 10.6 Å². The molecule has 1 aromatic rings. The molecule has 1 aliphatic heterocycles. The molecule has 0 spiro atoms. The van der Waals surface area contributed by atoms with Crippen molar-refractivity contribution in [3.63, 3.8) is 0 Å². The smallest absolute Gasteiger partial charge is 0.234 e. The van der Waals surface area contributed by atoms with E-state index < -0.39 is 0 Å². The van der Waals surface area contributed by atoms with E-state index in [0.717, 1.165) is 25.9 Å². The van der Waals surface area contributed by atoms with Gasteiger partial charge >= 0.3 is 0 Å². The lowest BCUT2D eigenvalue weighted by molar-refractivity contribution is -0.121. The van der Waals surface area contributed by atoms with E-state index in [1.54, 1.807) is 7.11 Å². The van der Waals surface area contributed by atoms with Gasteiger partial charge in [0.1, 0.15) is 0 Å². The highest BCUT2D eigenvalue weighted by Gasteiger charge is 2.20. The van der Waals surface area contributed by atoms with Gasteiger partial charge in [0.15, 0.2) is 0 Å². The van der Waals surface area contributed by atoms with E-state index in [2.05, 4.69) is 39.8 Å². The molecule has 5 nitrogen and oxygen atoms in total. The Bertz CT molecular complexity index is 427. The van der Waals surface area contributed by atoms with Gasteiger partial charge < -0.3 is 20.3 Å². The number of methoxy groups -OCH3 is 1. The number of nitrogens with one attached hydrogen (secondary N) is 2. The second-order valence-electron chi connectivity index (χ2n) is 5.33. The van der Waals surface area contributed by atoms with Crippen molar-refractivity contribution in [2.45, 2.75) is 18.9 Å². The number of anilines is 1. The summed E-state index contributed by atoms with van der Waals surface area (Å²) in [4.78, 5) is 14.2.